The van der Waals surface area contributed by atoms with Crippen molar-refractivity contribution in [2.24, 2.45) is 5.92 Å². The Morgan fingerprint density at radius 3 is 2.32 bits per heavy atom. The number of nitrogens with one attached hydrogen (secondary N) is 3. The molecule has 142 valence electrons. The van der Waals surface area contributed by atoms with Gasteiger partial charge >= 0.3 is 0 Å². The van der Waals surface area contributed by atoms with Gasteiger partial charge in [-0.05, 0) is 63.9 Å². The van der Waals surface area contributed by atoms with Crippen LogP contribution in [0.5, 0.6) is 0 Å². The quantitative estimate of drug-likeness (QED) is 0.734. The van der Waals surface area contributed by atoms with Crippen LogP contribution in [0.1, 0.15) is 44.5 Å². The second-order valence-electron chi connectivity index (χ2n) is 7.43. The first kappa shape index (κ1) is 21.9. The zero-order valence-electron chi connectivity index (χ0n) is 15.1. The molecule has 1 heterocycles. The molecule has 0 spiro atoms. The van der Waals surface area contributed by atoms with Gasteiger partial charge in [0.25, 0.3) is 5.91 Å². The molecule has 0 aromatic heterocycles. The summed E-state index contributed by atoms with van der Waals surface area (Å²) in [7, 11) is -3.59. The van der Waals surface area contributed by atoms with Crippen LogP contribution >= 0.6 is 12.4 Å². The molecule has 0 saturated carbocycles. The molecule has 1 aromatic rings. The molecule has 2 unspecified atom stereocenters. The third-order valence-corrected chi connectivity index (χ3v) is 5.79. The van der Waals surface area contributed by atoms with Gasteiger partial charge in [0.1, 0.15) is 0 Å². The third-order valence-electron chi connectivity index (χ3n) is 4.01. The number of hydrogen-bond donors (Lipinski definition) is 3. The summed E-state index contributed by atoms with van der Waals surface area (Å²) in [6.07, 6.45) is 1.03. The molecule has 1 aliphatic rings. The summed E-state index contributed by atoms with van der Waals surface area (Å²) >= 11 is 0. The zero-order valence-corrected chi connectivity index (χ0v) is 16.8. The first-order chi connectivity index (χ1) is 11.1. The van der Waals surface area contributed by atoms with E-state index < -0.39 is 15.6 Å². The number of amides is 1. The van der Waals surface area contributed by atoms with Crippen LogP contribution in [0.3, 0.4) is 0 Å². The number of sulfonamides is 1. The minimum atomic E-state index is -3.59. The van der Waals surface area contributed by atoms with Gasteiger partial charge in [-0.2, -0.15) is 0 Å². The Balaban J connectivity index is 0.00000312. The van der Waals surface area contributed by atoms with E-state index in [0.29, 0.717) is 11.5 Å². The van der Waals surface area contributed by atoms with Gasteiger partial charge < -0.3 is 10.6 Å². The predicted molar refractivity (Wildman–Crippen MR) is 102 cm³/mol. The number of rotatable bonds is 4. The van der Waals surface area contributed by atoms with Crippen molar-refractivity contribution in [2.75, 3.05) is 13.1 Å². The summed E-state index contributed by atoms with van der Waals surface area (Å²) < 4.78 is 27.1. The van der Waals surface area contributed by atoms with E-state index in [9.17, 15) is 13.2 Å². The second-order valence-corrected chi connectivity index (χ2v) is 9.11. The highest BCUT2D eigenvalue weighted by atomic mass is 35.5. The van der Waals surface area contributed by atoms with Crippen LogP contribution in [0, 0.1) is 5.92 Å². The number of benzene rings is 1. The van der Waals surface area contributed by atoms with Crippen molar-refractivity contribution in [2.45, 2.75) is 50.6 Å². The lowest BCUT2D eigenvalue weighted by Crippen LogP contribution is -2.50. The molecule has 0 bridgehead atoms. The predicted octanol–water partition coefficient (Wildman–Crippen LogP) is 1.91. The molecule has 1 saturated heterocycles. The topological polar surface area (TPSA) is 87.3 Å². The smallest absolute Gasteiger partial charge is 0.251 e. The lowest BCUT2D eigenvalue weighted by atomic mass is 9.94. The van der Waals surface area contributed by atoms with Gasteiger partial charge in [-0.3, -0.25) is 4.79 Å². The third kappa shape index (κ3) is 6.26. The molecular formula is C17H28ClN3O3S. The van der Waals surface area contributed by atoms with Crippen molar-refractivity contribution in [1.82, 2.24) is 15.4 Å². The van der Waals surface area contributed by atoms with E-state index in [2.05, 4.69) is 22.3 Å². The molecular weight excluding hydrogens is 362 g/mol. The number of hydrogen-bond acceptors (Lipinski definition) is 4. The van der Waals surface area contributed by atoms with Crippen LogP contribution in [0.4, 0.5) is 0 Å². The highest BCUT2D eigenvalue weighted by molar-refractivity contribution is 7.89. The largest absolute Gasteiger partial charge is 0.348 e. The molecule has 1 fully saturated rings. The highest BCUT2D eigenvalue weighted by Gasteiger charge is 2.24. The fourth-order valence-electron chi connectivity index (χ4n) is 2.68. The molecule has 1 aromatic carbocycles. The van der Waals surface area contributed by atoms with Gasteiger partial charge in [0.05, 0.1) is 4.90 Å². The van der Waals surface area contributed by atoms with Gasteiger partial charge in [0.15, 0.2) is 0 Å². The van der Waals surface area contributed by atoms with Crippen LogP contribution < -0.4 is 15.4 Å². The summed E-state index contributed by atoms with van der Waals surface area (Å²) in [4.78, 5) is 12.5. The molecule has 2 rings (SSSR count). The minimum absolute atomic E-state index is 0. The number of halogens is 1. The van der Waals surface area contributed by atoms with Crippen LogP contribution in [-0.4, -0.2) is 39.0 Å². The number of carbonyl (C=O) groups excluding carboxylic acids is 1. The molecule has 1 amide bonds. The molecule has 2 atom stereocenters. The zero-order chi connectivity index (χ0) is 18.0. The normalized spacial score (nSPS) is 21.3. The van der Waals surface area contributed by atoms with E-state index in [4.69, 9.17) is 0 Å². The van der Waals surface area contributed by atoms with Crippen molar-refractivity contribution in [1.29, 1.82) is 0 Å². The number of piperidine rings is 1. The van der Waals surface area contributed by atoms with Crippen molar-refractivity contribution in [3.63, 3.8) is 0 Å². The average Bonchev–Trinajstić information content (AvgIpc) is 2.47. The van der Waals surface area contributed by atoms with Crippen LogP contribution in [-0.2, 0) is 10.0 Å². The van der Waals surface area contributed by atoms with E-state index >= 15 is 0 Å². The molecule has 1 aliphatic heterocycles. The fourth-order valence-corrected chi connectivity index (χ4v) is 4.10. The van der Waals surface area contributed by atoms with Crippen molar-refractivity contribution in [3.05, 3.63) is 29.8 Å². The minimum Gasteiger partial charge on any atom is -0.348 e. The summed E-state index contributed by atoms with van der Waals surface area (Å²) in [6, 6.07) is 6.12. The van der Waals surface area contributed by atoms with Crippen LogP contribution in [0.15, 0.2) is 29.2 Å². The average molecular weight is 390 g/mol. The van der Waals surface area contributed by atoms with E-state index in [1.165, 1.54) is 12.1 Å². The van der Waals surface area contributed by atoms with Crippen molar-refractivity contribution in [3.8, 4) is 0 Å². The Kier molecular flexibility index (Phi) is 7.43. The van der Waals surface area contributed by atoms with Gasteiger partial charge in [-0.25, -0.2) is 13.1 Å². The Hall–Kier alpha value is -1.15. The summed E-state index contributed by atoms with van der Waals surface area (Å²) in [5.41, 5.74) is -0.0959. The monoisotopic (exact) mass is 389 g/mol. The highest BCUT2D eigenvalue weighted by Crippen LogP contribution is 2.15. The van der Waals surface area contributed by atoms with Crippen LogP contribution in [0.2, 0.25) is 0 Å². The molecule has 0 aliphatic carbocycles. The van der Waals surface area contributed by atoms with Crippen molar-refractivity contribution >= 4 is 28.3 Å². The molecule has 25 heavy (non-hydrogen) atoms. The maximum absolute atomic E-state index is 12.3. The van der Waals surface area contributed by atoms with Gasteiger partial charge in [-0.1, -0.05) is 6.92 Å². The lowest BCUT2D eigenvalue weighted by Gasteiger charge is -2.30. The molecule has 8 heteroatoms. The SMILES string of the molecule is CC1CCNCC1NC(=O)c1ccc(S(=O)(=O)NC(C)(C)C)cc1.Cl. The van der Waals surface area contributed by atoms with E-state index in [1.807, 2.05) is 0 Å². The maximum Gasteiger partial charge on any atom is 0.251 e. The van der Waals surface area contributed by atoms with Gasteiger partial charge in [-0.15, -0.1) is 12.4 Å². The number of carbonyl (C=O) groups is 1. The summed E-state index contributed by atoms with van der Waals surface area (Å²) in [5.74, 6) is 0.245. The van der Waals surface area contributed by atoms with Gasteiger partial charge in [0, 0.05) is 23.7 Å². The Bertz CT molecular complexity index is 684. The van der Waals surface area contributed by atoms with Crippen LogP contribution in [0.25, 0.3) is 0 Å². The Labute approximate surface area is 156 Å². The lowest BCUT2D eigenvalue weighted by molar-refractivity contribution is 0.0915. The second kappa shape index (κ2) is 8.49. The van der Waals surface area contributed by atoms with Crippen molar-refractivity contribution < 1.29 is 13.2 Å². The fraction of sp³-hybridized carbons (Fsp3) is 0.588. The summed E-state index contributed by atoms with van der Waals surface area (Å²) in [5, 5.41) is 6.29. The van der Waals surface area contributed by atoms with E-state index in [-0.39, 0.29) is 29.3 Å². The molecule has 6 nitrogen and oxygen atoms in total. The standard InChI is InChI=1S/C17H27N3O3S.ClH/c1-12-9-10-18-11-15(12)19-16(21)13-5-7-14(8-6-13)24(22,23)20-17(2,3)4;/h5-8,12,15,18,20H,9-11H2,1-4H3,(H,19,21);1H. The first-order valence-electron chi connectivity index (χ1n) is 8.24. The Morgan fingerprint density at radius 2 is 1.80 bits per heavy atom. The summed E-state index contributed by atoms with van der Waals surface area (Å²) in [6.45, 7) is 9.21. The van der Waals surface area contributed by atoms with E-state index in [1.54, 1.807) is 32.9 Å². The molecule has 0 radical (unpaired) electrons. The van der Waals surface area contributed by atoms with E-state index in [0.717, 1.165) is 19.5 Å². The molecule has 3 N–H and O–H groups in total. The Morgan fingerprint density at radius 1 is 1.20 bits per heavy atom. The first-order valence-corrected chi connectivity index (χ1v) is 9.72. The van der Waals surface area contributed by atoms with Gasteiger partial charge in [0.2, 0.25) is 10.0 Å². The maximum atomic E-state index is 12.3.